The molecule has 0 aliphatic carbocycles. The van der Waals surface area contributed by atoms with Gasteiger partial charge in [0.2, 0.25) is 0 Å². The predicted octanol–water partition coefficient (Wildman–Crippen LogP) is 2.89. The van der Waals surface area contributed by atoms with Gasteiger partial charge in [0.1, 0.15) is 5.82 Å². The Morgan fingerprint density at radius 2 is 2.14 bits per heavy atom. The Balaban J connectivity index is 2.21. The average Bonchev–Trinajstić information content (AvgIpc) is 2.43. The standard InChI is InChI=1S/C17H27FN2O/c1-5-19-17(14-8-13(4)9-15(18)10-14)16-11-20(12(2)3)6-7-21-16/h8-10,12,16-17,19H,5-7,11H2,1-4H3. The third-order valence-corrected chi connectivity index (χ3v) is 4.07. The van der Waals surface area contributed by atoms with E-state index < -0.39 is 0 Å². The molecule has 1 aromatic carbocycles. The number of hydrogen-bond donors (Lipinski definition) is 1. The van der Waals surface area contributed by atoms with Crippen molar-refractivity contribution in [2.45, 2.75) is 45.9 Å². The quantitative estimate of drug-likeness (QED) is 0.904. The molecule has 0 spiro atoms. The number of likely N-dealkylation sites (N-methyl/N-ethyl adjacent to an activating group) is 1. The summed E-state index contributed by atoms with van der Waals surface area (Å²) in [5.41, 5.74) is 1.93. The Morgan fingerprint density at radius 1 is 1.38 bits per heavy atom. The van der Waals surface area contributed by atoms with Crippen LogP contribution in [0.3, 0.4) is 0 Å². The molecule has 1 N–H and O–H groups in total. The van der Waals surface area contributed by atoms with E-state index in [1.807, 2.05) is 13.0 Å². The Hall–Kier alpha value is -0.970. The maximum atomic E-state index is 13.7. The number of halogens is 1. The van der Waals surface area contributed by atoms with Gasteiger partial charge in [-0.05, 0) is 50.6 Å². The fourth-order valence-corrected chi connectivity index (χ4v) is 3.00. The molecule has 1 aliphatic heterocycles. The third kappa shape index (κ3) is 4.25. The first kappa shape index (κ1) is 16.4. The minimum Gasteiger partial charge on any atom is -0.374 e. The molecule has 1 aliphatic rings. The predicted molar refractivity (Wildman–Crippen MR) is 84.0 cm³/mol. The molecule has 2 unspecified atom stereocenters. The SMILES string of the molecule is CCNC(c1cc(C)cc(F)c1)C1CN(C(C)C)CCO1. The lowest BCUT2D eigenvalue weighted by molar-refractivity contribution is -0.0559. The van der Waals surface area contributed by atoms with Gasteiger partial charge in [0.05, 0.1) is 18.8 Å². The highest BCUT2D eigenvalue weighted by Crippen LogP contribution is 2.25. The van der Waals surface area contributed by atoms with Crippen molar-refractivity contribution in [2.24, 2.45) is 0 Å². The van der Waals surface area contributed by atoms with E-state index in [2.05, 4.69) is 31.0 Å². The van der Waals surface area contributed by atoms with Crippen LogP contribution in [0.1, 0.15) is 37.9 Å². The zero-order valence-electron chi connectivity index (χ0n) is 13.5. The van der Waals surface area contributed by atoms with Crippen LogP contribution in [0.5, 0.6) is 0 Å². The average molecular weight is 294 g/mol. The maximum Gasteiger partial charge on any atom is 0.123 e. The van der Waals surface area contributed by atoms with Crippen molar-refractivity contribution in [3.8, 4) is 0 Å². The van der Waals surface area contributed by atoms with Gasteiger partial charge in [-0.1, -0.05) is 13.0 Å². The van der Waals surface area contributed by atoms with E-state index in [-0.39, 0.29) is 18.0 Å². The van der Waals surface area contributed by atoms with Crippen molar-refractivity contribution < 1.29 is 9.13 Å². The normalized spacial score (nSPS) is 21.7. The summed E-state index contributed by atoms with van der Waals surface area (Å²) in [7, 11) is 0. The molecule has 1 aromatic rings. The molecule has 1 fully saturated rings. The van der Waals surface area contributed by atoms with E-state index in [1.165, 1.54) is 0 Å². The van der Waals surface area contributed by atoms with Crippen LogP contribution in [0, 0.1) is 12.7 Å². The second-order valence-electron chi connectivity index (χ2n) is 6.10. The summed E-state index contributed by atoms with van der Waals surface area (Å²) >= 11 is 0. The molecular weight excluding hydrogens is 267 g/mol. The van der Waals surface area contributed by atoms with Crippen LogP contribution < -0.4 is 5.32 Å². The maximum absolute atomic E-state index is 13.7. The summed E-state index contributed by atoms with van der Waals surface area (Å²) in [4.78, 5) is 2.42. The van der Waals surface area contributed by atoms with Crippen molar-refractivity contribution in [1.82, 2.24) is 10.2 Å². The van der Waals surface area contributed by atoms with E-state index in [1.54, 1.807) is 12.1 Å². The number of ether oxygens (including phenoxy) is 1. The van der Waals surface area contributed by atoms with Crippen LogP contribution in [-0.2, 0) is 4.74 Å². The molecule has 0 aromatic heterocycles. The van der Waals surface area contributed by atoms with Crippen LogP contribution >= 0.6 is 0 Å². The van der Waals surface area contributed by atoms with Crippen LogP contribution in [0.2, 0.25) is 0 Å². The van der Waals surface area contributed by atoms with Crippen LogP contribution in [0.25, 0.3) is 0 Å². The Kier molecular flexibility index (Phi) is 5.73. The molecule has 0 bridgehead atoms. The first-order chi connectivity index (χ1) is 10.0. The lowest BCUT2D eigenvalue weighted by Crippen LogP contribution is -2.50. The second kappa shape index (κ2) is 7.34. The smallest absolute Gasteiger partial charge is 0.123 e. The fourth-order valence-electron chi connectivity index (χ4n) is 3.00. The summed E-state index contributed by atoms with van der Waals surface area (Å²) < 4.78 is 19.7. The molecule has 2 atom stereocenters. The fraction of sp³-hybridized carbons (Fsp3) is 0.647. The van der Waals surface area contributed by atoms with E-state index in [0.717, 1.165) is 37.4 Å². The molecule has 0 amide bonds. The molecule has 1 heterocycles. The van der Waals surface area contributed by atoms with Crippen LogP contribution in [0.15, 0.2) is 18.2 Å². The van der Waals surface area contributed by atoms with Crippen molar-refractivity contribution in [3.63, 3.8) is 0 Å². The van der Waals surface area contributed by atoms with Gasteiger partial charge in [-0.15, -0.1) is 0 Å². The van der Waals surface area contributed by atoms with E-state index >= 15 is 0 Å². The first-order valence-corrected chi connectivity index (χ1v) is 7.87. The number of hydrogen-bond acceptors (Lipinski definition) is 3. The second-order valence-corrected chi connectivity index (χ2v) is 6.10. The van der Waals surface area contributed by atoms with Gasteiger partial charge in [-0.2, -0.15) is 0 Å². The van der Waals surface area contributed by atoms with Crippen molar-refractivity contribution >= 4 is 0 Å². The summed E-state index contributed by atoms with van der Waals surface area (Å²) in [6, 6.07) is 5.78. The van der Waals surface area contributed by atoms with Crippen molar-refractivity contribution in [2.75, 3.05) is 26.2 Å². The molecule has 118 valence electrons. The first-order valence-electron chi connectivity index (χ1n) is 7.87. The summed E-state index contributed by atoms with van der Waals surface area (Å²) in [5.74, 6) is -0.176. The number of nitrogens with one attached hydrogen (secondary N) is 1. The van der Waals surface area contributed by atoms with Crippen molar-refractivity contribution in [3.05, 3.63) is 35.1 Å². The molecule has 21 heavy (non-hydrogen) atoms. The number of aryl methyl sites for hydroxylation is 1. The van der Waals surface area contributed by atoms with Crippen LogP contribution in [0.4, 0.5) is 4.39 Å². The van der Waals surface area contributed by atoms with Gasteiger partial charge in [0.15, 0.2) is 0 Å². The highest BCUT2D eigenvalue weighted by molar-refractivity contribution is 5.27. The Labute approximate surface area is 127 Å². The summed E-state index contributed by atoms with van der Waals surface area (Å²) in [6.07, 6.45) is 0.0577. The third-order valence-electron chi connectivity index (χ3n) is 4.07. The number of nitrogens with zero attached hydrogens (tertiary/aromatic N) is 1. The Bertz CT molecular complexity index is 444. The van der Waals surface area contributed by atoms with Gasteiger partial charge >= 0.3 is 0 Å². The van der Waals surface area contributed by atoms with Gasteiger partial charge in [0.25, 0.3) is 0 Å². The zero-order chi connectivity index (χ0) is 15.4. The molecule has 2 rings (SSSR count). The Morgan fingerprint density at radius 3 is 2.76 bits per heavy atom. The zero-order valence-corrected chi connectivity index (χ0v) is 13.5. The van der Waals surface area contributed by atoms with E-state index in [9.17, 15) is 4.39 Å². The largest absolute Gasteiger partial charge is 0.374 e. The van der Waals surface area contributed by atoms with Crippen LogP contribution in [-0.4, -0.2) is 43.3 Å². The highest BCUT2D eigenvalue weighted by atomic mass is 19.1. The van der Waals surface area contributed by atoms with Gasteiger partial charge in [-0.25, -0.2) is 4.39 Å². The van der Waals surface area contributed by atoms with Gasteiger partial charge < -0.3 is 10.1 Å². The van der Waals surface area contributed by atoms with E-state index in [4.69, 9.17) is 4.74 Å². The topological polar surface area (TPSA) is 24.5 Å². The summed E-state index contributed by atoms with van der Waals surface area (Å²) in [6.45, 7) is 11.8. The monoisotopic (exact) mass is 294 g/mol. The molecular formula is C17H27FN2O. The van der Waals surface area contributed by atoms with E-state index in [0.29, 0.717) is 6.04 Å². The molecule has 0 radical (unpaired) electrons. The molecule has 1 saturated heterocycles. The number of rotatable bonds is 5. The minimum atomic E-state index is -0.176. The number of benzene rings is 1. The highest BCUT2D eigenvalue weighted by Gasteiger charge is 2.30. The van der Waals surface area contributed by atoms with Gasteiger partial charge in [0, 0.05) is 19.1 Å². The van der Waals surface area contributed by atoms with Gasteiger partial charge in [-0.3, -0.25) is 4.90 Å². The summed E-state index contributed by atoms with van der Waals surface area (Å²) in [5, 5.41) is 3.46. The minimum absolute atomic E-state index is 0.0333. The molecule has 0 saturated carbocycles. The lowest BCUT2D eigenvalue weighted by Gasteiger charge is -2.39. The molecule has 4 heteroatoms. The number of morpholine rings is 1. The lowest BCUT2D eigenvalue weighted by atomic mass is 9.97. The van der Waals surface area contributed by atoms with Crippen molar-refractivity contribution in [1.29, 1.82) is 0 Å². The molecule has 3 nitrogen and oxygen atoms in total.